The lowest BCUT2D eigenvalue weighted by atomic mass is 10.3. The van der Waals surface area contributed by atoms with Crippen LogP contribution in [0.15, 0.2) is 12.4 Å². The molecule has 1 aliphatic carbocycles. The molecule has 1 atom stereocenters. The van der Waals surface area contributed by atoms with E-state index in [4.69, 9.17) is 0 Å². The van der Waals surface area contributed by atoms with Crippen molar-refractivity contribution in [1.29, 1.82) is 0 Å². The average molecular weight is 179 g/mol. The van der Waals surface area contributed by atoms with Crippen molar-refractivity contribution in [2.24, 2.45) is 0 Å². The Bertz CT molecular complexity index is 275. The topological polar surface area (TPSA) is 29.9 Å². The van der Waals surface area contributed by atoms with Crippen LogP contribution in [0, 0.1) is 0 Å². The zero-order valence-electron chi connectivity index (χ0n) is 8.33. The summed E-state index contributed by atoms with van der Waals surface area (Å²) >= 11 is 0. The van der Waals surface area contributed by atoms with Crippen molar-refractivity contribution < 1.29 is 0 Å². The third-order valence-corrected chi connectivity index (χ3v) is 2.60. The van der Waals surface area contributed by atoms with Gasteiger partial charge in [-0.15, -0.1) is 0 Å². The van der Waals surface area contributed by atoms with Crippen LogP contribution in [0.2, 0.25) is 0 Å². The molecule has 72 valence electrons. The van der Waals surface area contributed by atoms with Crippen molar-refractivity contribution in [3.63, 3.8) is 0 Å². The van der Waals surface area contributed by atoms with Crippen LogP contribution >= 0.6 is 0 Å². The summed E-state index contributed by atoms with van der Waals surface area (Å²) in [5, 5.41) is 3.41. The highest BCUT2D eigenvalue weighted by atomic mass is 15.2. The monoisotopic (exact) mass is 179 g/mol. The molecular weight excluding hydrogens is 162 g/mol. The smallest absolute Gasteiger partial charge is 0.203 e. The summed E-state index contributed by atoms with van der Waals surface area (Å²) in [5.74, 6) is 1.04. The predicted octanol–water partition coefficient (Wildman–Crippen LogP) is 2.43. The molecule has 0 aliphatic heterocycles. The minimum absolute atomic E-state index is 0.514. The zero-order valence-corrected chi connectivity index (χ0v) is 8.33. The van der Waals surface area contributed by atoms with Gasteiger partial charge < -0.3 is 9.88 Å². The van der Waals surface area contributed by atoms with E-state index < -0.39 is 0 Å². The maximum atomic E-state index is 4.32. The summed E-state index contributed by atoms with van der Waals surface area (Å²) in [6.07, 6.45) is 7.71. The summed E-state index contributed by atoms with van der Waals surface area (Å²) in [4.78, 5) is 4.32. The molecule has 2 rings (SSSR count). The number of nitrogens with one attached hydrogen (secondary N) is 1. The van der Waals surface area contributed by atoms with Crippen molar-refractivity contribution in [2.45, 2.75) is 45.2 Å². The van der Waals surface area contributed by atoms with E-state index in [9.17, 15) is 0 Å². The van der Waals surface area contributed by atoms with Crippen molar-refractivity contribution >= 4 is 5.95 Å². The molecule has 1 aromatic rings. The zero-order chi connectivity index (χ0) is 9.26. The molecule has 13 heavy (non-hydrogen) atoms. The van der Waals surface area contributed by atoms with E-state index in [-0.39, 0.29) is 0 Å². The second-order valence-electron chi connectivity index (χ2n) is 3.84. The summed E-state index contributed by atoms with van der Waals surface area (Å²) < 4.78 is 2.26. The van der Waals surface area contributed by atoms with Gasteiger partial charge in [0.15, 0.2) is 0 Å². The highest BCUT2D eigenvalue weighted by Gasteiger charge is 2.25. The first kappa shape index (κ1) is 8.60. The summed E-state index contributed by atoms with van der Waals surface area (Å²) in [6.45, 7) is 4.37. The Labute approximate surface area is 79.2 Å². The molecule has 3 nitrogen and oxygen atoms in total. The third kappa shape index (κ3) is 1.85. The summed E-state index contributed by atoms with van der Waals surface area (Å²) in [7, 11) is 0. The molecule has 1 N–H and O–H groups in total. The van der Waals surface area contributed by atoms with E-state index >= 15 is 0 Å². The number of imidazole rings is 1. The number of hydrogen-bond donors (Lipinski definition) is 1. The fourth-order valence-corrected chi connectivity index (χ4v) is 1.39. The van der Waals surface area contributed by atoms with E-state index in [1.54, 1.807) is 0 Å². The molecule has 0 saturated heterocycles. The molecule has 3 heteroatoms. The molecule has 1 saturated carbocycles. The number of anilines is 1. The largest absolute Gasteiger partial charge is 0.353 e. The molecule has 1 unspecified atom stereocenters. The SMILES string of the molecule is CCC(C)Nc1nccn1C1CC1. The maximum Gasteiger partial charge on any atom is 0.203 e. The lowest BCUT2D eigenvalue weighted by molar-refractivity contribution is 0.702. The minimum Gasteiger partial charge on any atom is -0.353 e. The van der Waals surface area contributed by atoms with E-state index in [1.165, 1.54) is 12.8 Å². The standard InChI is InChI=1S/C10H17N3/c1-3-8(2)12-10-11-6-7-13(10)9-4-5-9/h6-9H,3-5H2,1-2H3,(H,11,12). The molecule has 0 aromatic carbocycles. The van der Waals surface area contributed by atoms with Gasteiger partial charge in [-0.3, -0.25) is 0 Å². The van der Waals surface area contributed by atoms with Gasteiger partial charge in [-0.25, -0.2) is 4.98 Å². The quantitative estimate of drug-likeness (QED) is 0.769. The van der Waals surface area contributed by atoms with Gasteiger partial charge in [0.2, 0.25) is 5.95 Å². The average Bonchev–Trinajstić information content (AvgIpc) is 2.88. The fourth-order valence-electron chi connectivity index (χ4n) is 1.39. The molecule has 0 amide bonds. The second kappa shape index (κ2) is 3.40. The fraction of sp³-hybridized carbons (Fsp3) is 0.700. The van der Waals surface area contributed by atoms with Gasteiger partial charge in [-0.2, -0.15) is 0 Å². The Kier molecular flexibility index (Phi) is 2.25. The maximum absolute atomic E-state index is 4.32. The molecule has 0 radical (unpaired) electrons. The van der Waals surface area contributed by atoms with E-state index in [1.807, 2.05) is 6.20 Å². The third-order valence-electron chi connectivity index (χ3n) is 2.60. The first-order valence-electron chi connectivity index (χ1n) is 5.10. The number of rotatable bonds is 4. The van der Waals surface area contributed by atoms with Crippen LogP contribution in [-0.4, -0.2) is 15.6 Å². The first-order valence-corrected chi connectivity index (χ1v) is 5.10. The molecule has 0 spiro atoms. The predicted molar refractivity (Wildman–Crippen MR) is 53.9 cm³/mol. The van der Waals surface area contributed by atoms with Crippen LogP contribution in [0.5, 0.6) is 0 Å². The van der Waals surface area contributed by atoms with E-state index in [0.717, 1.165) is 12.4 Å². The Morgan fingerprint density at radius 3 is 3.08 bits per heavy atom. The van der Waals surface area contributed by atoms with Gasteiger partial charge in [0.25, 0.3) is 0 Å². The normalized spacial score (nSPS) is 18.6. The highest BCUT2D eigenvalue weighted by molar-refractivity contribution is 5.28. The van der Waals surface area contributed by atoms with Crippen molar-refractivity contribution in [1.82, 2.24) is 9.55 Å². The molecular formula is C10H17N3. The van der Waals surface area contributed by atoms with Crippen molar-refractivity contribution in [2.75, 3.05) is 5.32 Å². The Hall–Kier alpha value is -0.990. The van der Waals surface area contributed by atoms with Crippen molar-refractivity contribution in [3.8, 4) is 0 Å². The van der Waals surface area contributed by atoms with Crippen molar-refractivity contribution in [3.05, 3.63) is 12.4 Å². The van der Waals surface area contributed by atoms with Gasteiger partial charge >= 0.3 is 0 Å². The van der Waals surface area contributed by atoms with Crippen LogP contribution in [0.25, 0.3) is 0 Å². The van der Waals surface area contributed by atoms with Crippen LogP contribution in [0.4, 0.5) is 5.95 Å². The lowest BCUT2D eigenvalue weighted by Gasteiger charge is -2.13. The van der Waals surface area contributed by atoms with Crippen LogP contribution in [0.1, 0.15) is 39.2 Å². The first-order chi connectivity index (χ1) is 6.31. The number of aromatic nitrogens is 2. The molecule has 1 aliphatic rings. The summed E-state index contributed by atoms with van der Waals surface area (Å²) in [5.41, 5.74) is 0. The van der Waals surface area contributed by atoms with Gasteiger partial charge in [0, 0.05) is 24.5 Å². The summed E-state index contributed by atoms with van der Waals surface area (Å²) in [6, 6.07) is 1.23. The highest BCUT2D eigenvalue weighted by Crippen LogP contribution is 2.36. The molecule has 1 fully saturated rings. The van der Waals surface area contributed by atoms with Gasteiger partial charge in [0.05, 0.1) is 0 Å². The van der Waals surface area contributed by atoms with Gasteiger partial charge in [-0.05, 0) is 26.2 Å². The molecule has 0 bridgehead atoms. The minimum atomic E-state index is 0.514. The van der Waals surface area contributed by atoms with E-state index in [2.05, 4.69) is 34.9 Å². The number of nitrogens with zero attached hydrogens (tertiary/aromatic N) is 2. The van der Waals surface area contributed by atoms with Gasteiger partial charge in [0.1, 0.15) is 0 Å². The van der Waals surface area contributed by atoms with Gasteiger partial charge in [-0.1, -0.05) is 6.92 Å². The van der Waals surface area contributed by atoms with Crippen LogP contribution < -0.4 is 5.32 Å². The second-order valence-corrected chi connectivity index (χ2v) is 3.84. The Balaban J connectivity index is 2.05. The van der Waals surface area contributed by atoms with Crippen LogP contribution in [0.3, 0.4) is 0 Å². The Morgan fingerprint density at radius 2 is 2.46 bits per heavy atom. The Morgan fingerprint density at radius 1 is 1.69 bits per heavy atom. The van der Waals surface area contributed by atoms with Crippen LogP contribution in [-0.2, 0) is 0 Å². The molecule has 1 heterocycles. The lowest BCUT2D eigenvalue weighted by Crippen LogP contribution is -2.16. The van der Waals surface area contributed by atoms with E-state index in [0.29, 0.717) is 12.1 Å². The number of hydrogen-bond acceptors (Lipinski definition) is 2. The molecule has 1 aromatic heterocycles.